The molecule has 1 aromatic heterocycles. The van der Waals surface area contributed by atoms with Crippen LogP contribution in [0.15, 0.2) is 23.1 Å². The molecule has 1 saturated heterocycles. The van der Waals surface area contributed by atoms with Gasteiger partial charge in [0.1, 0.15) is 0 Å². The third kappa shape index (κ3) is 2.20. The lowest BCUT2D eigenvalue weighted by atomic mass is 10.0. The lowest BCUT2D eigenvalue weighted by Crippen LogP contribution is -2.28. The van der Waals surface area contributed by atoms with Crippen LogP contribution in [0.5, 0.6) is 0 Å². The Bertz CT molecular complexity index is 342. The maximum Gasteiger partial charge on any atom is 0.266 e. The first-order chi connectivity index (χ1) is 6.86. The van der Waals surface area contributed by atoms with Gasteiger partial charge in [0.15, 0.2) is 0 Å². The summed E-state index contributed by atoms with van der Waals surface area (Å²) in [4.78, 5) is 11.4. The minimum absolute atomic E-state index is 0.0148. The average Bonchev–Trinajstić information content (AvgIpc) is 2.23. The molecule has 0 aliphatic carbocycles. The largest absolute Gasteiger partial charge is 0.381 e. The van der Waals surface area contributed by atoms with Crippen molar-refractivity contribution in [3.05, 3.63) is 28.7 Å². The van der Waals surface area contributed by atoms with E-state index in [9.17, 15) is 4.79 Å². The van der Waals surface area contributed by atoms with E-state index >= 15 is 0 Å². The summed E-state index contributed by atoms with van der Waals surface area (Å²) in [6, 6.07) is 3.22. The zero-order chi connectivity index (χ0) is 9.80. The number of ether oxygens (including phenoxy) is 1. The van der Waals surface area contributed by atoms with Crippen LogP contribution in [0.1, 0.15) is 12.8 Å². The number of rotatable bonds is 2. The Morgan fingerprint density at radius 1 is 1.50 bits per heavy atom. The highest BCUT2D eigenvalue weighted by Crippen LogP contribution is 2.15. The molecule has 1 aromatic rings. The standard InChI is InChI=1S/C10H14N2O2/c13-10-2-1-5-11-12(10)8-9-3-6-14-7-4-9/h1-2,5,9H,3-4,6-8H2. The zero-order valence-electron chi connectivity index (χ0n) is 8.06. The zero-order valence-corrected chi connectivity index (χ0v) is 8.06. The molecule has 0 spiro atoms. The molecule has 1 fully saturated rings. The van der Waals surface area contributed by atoms with E-state index in [-0.39, 0.29) is 5.56 Å². The monoisotopic (exact) mass is 194 g/mol. The van der Waals surface area contributed by atoms with Gasteiger partial charge in [-0.1, -0.05) is 0 Å². The van der Waals surface area contributed by atoms with Crippen LogP contribution in [0.3, 0.4) is 0 Å². The molecule has 0 N–H and O–H groups in total. The molecule has 2 heterocycles. The van der Waals surface area contributed by atoms with E-state index in [0.717, 1.165) is 32.6 Å². The third-order valence-corrected chi connectivity index (χ3v) is 2.56. The van der Waals surface area contributed by atoms with Gasteiger partial charge in [-0.2, -0.15) is 5.10 Å². The Kier molecular flexibility index (Phi) is 2.93. The fraction of sp³-hybridized carbons (Fsp3) is 0.600. The summed E-state index contributed by atoms with van der Waals surface area (Å²) in [5, 5.41) is 4.04. The summed E-state index contributed by atoms with van der Waals surface area (Å²) in [5.41, 5.74) is -0.0148. The highest BCUT2D eigenvalue weighted by molar-refractivity contribution is 4.85. The van der Waals surface area contributed by atoms with Crippen LogP contribution in [0.2, 0.25) is 0 Å². The molecule has 0 radical (unpaired) electrons. The van der Waals surface area contributed by atoms with Gasteiger partial charge in [-0.15, -0.1) is 0 Å². The van der Waals surface area contributed by atoms with Crippen LogP contribution in [0.4, 0.5) is 0 Å². The van der Waals surface area contributed by atoms with Gasteiger partial charge in [-0.3, -0.25) is 4.79 Å². The smallest absolute Gasteiger partial charge is 0.266 e. The molecule has 1 aliphatic rings. The van der Waals surface area contributed by atoms with Crippen LogP contribution in [-0.4, -0.2) is 23.0 Å². The van der Waals surface area contributed by atoms with Crippen LogP contribution < -0.4 is 5.56 Å². The van der Waals surface area contributed by atoms with Crippen molar-refractivity contribution in [1.29, 1.82) is 0 Å². The highest BCUT2D eigenvalue weighted by atomic mass is 16.5. The van der Waals surface area contributed by atoms with Crippen LogP contribution in [0.25, 0.3) is 0 Å². The summed E-state index contributed by atoms with van der Waals surface area (Å²) in [6.07, 6.45) is 3.72. The van der Waals surface area contributed by atoms with Gasteiger partial charge in [0, 0.05) is 32.0 Å². The van der Waals surface area contributed by atoms with Gasteiger partial charge in [0.05, 0.1) is 0 Å². The Labute approximate surface area is 82.5 Å². The third-order valence-electron chi connectivity index (χ3n) is 2.56. The van der Waals surface area contributed by atoms with Crippen molar-refractivity contribution < 1.29 is 4.74 Å². The maximum absolute atomic E-state index is 11.4. The van der Waals surface area contributed by atoms with Crippen LogP contribution >= 0.6 is 0 Å². The first-order valence-electron chi connectivity index (χ1n) is 4.96. The van der Waals surface area contributed by atoms with Crippen molar-refractivity contribution >= 4 is 0 Å². The summed E-state index contributed by atoms with van der Waals surface area (Å²) in [6.45, 7) is 2.35. The van der Waals surface area contributed by atoms with Gasteiger partial charge >= 0.3 is 0 Å². The predicted molar refractivity (Wildman–Crippen MR) is 52.0 cm³/mol. The molecule has 0 saturated carbocycles. The first-order valence-corrected chi connectivity index (χ1v) is 4.96. The average molecular weight is 194 g/mol. The van der Waals surface area contributed by atoms with E-state index in [2.05, 4.69) is 5.10 Å². The molecule has 2 rings (SSSR count). The van der Waals surface area contributed by atoms with Gasteiger partial charge < -0.3 is 4.74 Å². The van der Waals surface area contributed by atoms with Gasteiger partial charge in [0.25, 0.3) is 5.56 Å². The van der Waals surface area contributed by atoms with Crippen LogP contribution in [0, 0.1) is 5.92 Å². The van der Waals surface area contributed by atoms with Gasteiger partial charge in [0.2, 0.25) is 0 Å². The normalized spacial score (nSPS) is 18.3. The molecule has 14 heavy (non-hydrogen) atoms. The van der Waals surface area contributed by atoms with E-state index in [1.165, 1.54) is 4.68 Å². The molecule has 4 nitrogen and oxygen atoms in total. The predicted octanol–water partition coefficient (Wildman–Crippen LogP) is 0.670. The molecule has 0 unspecified atom stereocenters. The molecule has 0 aromatic carbocycles. The second-order valence-corrected chi connectivity index (χ2v) is 3.60. The molecular formula is C10H14N2O2. The van der Waals surface area contributed by atoms with Crippen molar-refractivity contribution in [2.24, 2.45) is 5.92 Å². The molecule has 1 aliphatic heterocycles. The number of aromatic nitrogens is 2. The van der Waals surface area contributed by atoms with Gasteiger partial charge in [-0.05, 0) is 24.8 Å². The van der Waals surface area contributed by atoms with Crippen molar-refractivity contribution in [2.45, 2.75) is 19.4 Å². The lowest BCUT2D eigenvalue weighted by Gasteiger charge is -2.21. The summed E-state index contributed by atoms with van der Waals surface area (Å²) in [7, 11) is 0. The minimum atomic E-state index is -0.0148. The Balaban J connectivity index is 2.03. The summed E-state index contributed by atoms with van der Waals surface area (Å²) >= 11 is 0. The molecule has 76 valence electrons. The minimum Gasteiger partial charge on any atom is -0.381 e. The summed E-state index contributed by atoms with van der Waals surface area (Å²) in [5.74, 6) is 0.538. The summed E-state index contributed by atoms with van der Waals surface area (Å²) < 4.78 is 6.80. The lowest BCUT2D eigenvalue weighted by molar-refractivity contribution is 0.0596. The molecule has 0 atom stereocenters. The quantitative estimate of drug-likeness (QED) is 0.695. The first kappa shape index (κ1) is 9.40. The van der Waals surface area contributed by atoms with E-state index in [1.807, 2.05) is 0 Å². The number of nitrogens with zero attached hydrogens (tertiary/aromatic N) is 2. The van der Waals surface area contributed by atoms with Crippen molar-refractivity contribution in [3.63, 3.8) is 0 Å². The second-order valence-electron chi connectivity index (χ2n) is 3.60. The molecule has 0 amide bonds. The fourth-order valence-corrected chi connectivity index (χ4v) is 1.70. The molecular weight excluding hydrogens is 180 g/mol. The van der Waals surface area contributed by atoms with Crippen molar-refractivity contribution in [2.75, 3.05) is 13.2 Å². The second kappa shape index (κ2) is 4.37. The topological polar surface area (TPSA) is 44.1 Å². The number of hydrogen-bond donors (Lipinski definition) is 0. The Morgan fingerprint density at radius 3 is 3.00 bits per heavy atom. The Morgan fingerprint density at radius 2 is 2.29 bits per heavy atom. The molecule has 4 heteroatoms. The Hall–Kier alpha value is -1.16. The van der Waals surface area contributed by atoms with Crippen molar-refractivity contribution in [1.82, 2.24) is 9.78 Å². The van der Waals surface area contributed by atoms with Gasteiger partial charge in [-0.25, -0.2) is 4.68 Å². The molecule has 0 bridgehead atoms. The number of hydrogen-bond acceptors (Lipinski definition) is 3. The van der Waals surface area contributed by atoms with Crippen LogP contribution in [-0.2, 0) is 11.3 Å². The van der Waals surface area contributed by atoms with Crippen molar-refractivity contribution in [3.8, 4) is 0 Å². The maximum atomic E-state index is 11.4. The van der Waals surface area contributed by atoms with E-state index in [1.54, 1.807) is 18.3 Å². The van der Waals surface area contributed by atoms with E-state index in [0.29, 0.717) is 5.92 Å². The SMILES string of the molecule is O=c1cccnn1CC1CCOCC1. The van der Waals surface area contributed by atoms with E-state index in [4.69, 9.17) is 4.74 Å². The fourth-order valence-electron chi connectivity index (χ4n) is 1.70. The van der Waals surface area contributed by atoms with E-state index < -0.39 is 0 Å². The highest BCUT2D eigenvalue weighted by Gasteiger charge is 2.14.